The Bertz CT molecular complexity index is 1780. The van der Waals surface area contributed by atoms with Crippen molar-refractivity contribution in [2.75, 3.05) is 5.32 Å². The van der Waals surface area contributed by atoms with Crippen molar-refractivity contribution in [1.29, 1.82) is 0 Å². The van der Waals surface area contributed by atoms with Crippen LogP contribution in [0.25, 0.3) is 6.08 Å². The van der Waals surface area contributed by atoms with Crippen LogP contribution in [0.4, 0.5) is 11.4 Å². The van der Waals surface area contributed by atoms with E-state index in [0.717, 1.165) is 6.08 Å². The zero-order valence-corrected chi connectivity index (χ0v) is 23.8. The number of ether oxygens (including phenoxy) is 2. The van der Waals surface area contributed by atoms with Crippen LogP contribution in [0.15, 0.2) is 108 Å². The molecule has 0 atom stereocenters. The fourth-order valence-electron chi connectivity index (χ4n) is 3.75. The van der Waals surface area contributed by atoms with E-state index in [0.29, 0.717) is 28.8 Å². The van der Waals surface area contributed by atoms with E-state index in [9.17, 15) is 29.3 Å². The molecule has 0 radical (unpaired) electrons. The first-order chi connectivity index (χ1) is 21.7. The van der Waals surface area contributed by atoms with E-state index >= 15 is 0 Å². The van der Waals surface area contributed by atoms with Crippen LogP contribution in [0.2, 0.25) is 0 Å². The number of nitrogens with zero attached hydrogens (tertiary/aromatic N) is 2. The number of anilines is 1. The Balaban J connectivity index is 1.37. The number of nitro groups is 1. The van der Waals surface area contributed by atoms with Crippen LogP contribution in [0.3, 0.4) is 0 Å². The molecule has 0 heterocycles. The summed E-state index contributed by atoms with van der Waals surface area (Å²) in [5.41, 5.74) is 4.07. The van der Waals surface area contributed by atoms with E-state index in [1.54, 1.807) is 73.7 Å². The van der Waals surface area contributed by atoms with E-state index in [1.165, 1.54) is 42.6 Å². The third kappa shape index (κ3) is 9.03. The van der Waals surface area contributed by atoms with Gasteiger partial charge in [-0.1, -0.05) is 37.3 Å². The Morgan fingerprint density at radius 3 is 2.04 bits per heavy atom. The van der Waals surface area contributed by atoms with E-state index in [2.05, 4.69) is 15.8 Å². The minimum absolute atomic E-state index is 0.114. The highest BCUT2D eigenvalue weighted by Gasteiger charge is 2.14. The highest BCUT2D eigenvalue weighted by Crippen LogP contribution is 2.22. The Kier molecular flexibility index (Phi) is 10.6. The number of rotatable bonds is 11. The van der Waals surface area contributed by atoms with Gasteiger partial charge in [-0.05, 0) is 60.7 Å². The Labute approximate surface area is 257 Å². The molecule has 45 heavy (non-hydrogen) atoms. The minimum Gasteiger partial charge on any atom is -0.423 e. The van der Waals surface area contributed by atoms with E-state index in [-0.39, 0.29) is 28.7 Å². The lowest BCUT2D eigenvalue weighted by Gasteiger charge is -2.08. The molecule has 0 aliphatic rings. The molecule has 226 valence electrons. The maximum atomic E-state index is 12.6. The van der Waals surface area contributed by atoms with Gasteiger partial charge < -0.3 is 14.8 Å². The van der Waals surface area contributed by atoms with Crippen LogP contribution in [-0.2, 0) is 9.59 Å². The molecule has 0 saturated carbocycles. The normalized spacial score (nSPS) is 10.8. The number of para-hydroxylation sites is 2. The van der Waals surface area contributed by atoms with Crippen molar-refractivity contribution in [3.63, 3.8) is 0 Å². The molecule has 0 aliphatic carbocycles. The molecular weight excluding hydrogens is 580 g/mol. The van der Waals surface area contributed by atoms with E-state index in [1.807, 2.05) is 0 Å². The zero-order chi connectivity index (χ0) is 32.2. The van der Waals surface area contributed by atoms with E-state index in [4.69, 9.17) is 9.47 Å². The predicted octanol–water partition coefficient (Wildman–Crippen LogP) is 5.55. The summed E-state index contributed by atoms with van der Waals surface area (Å²) in [6, 6.07) is 24.3. The Hall–Kier alpha value is -6.43. The van der Waals surface area contributed by atoms with Crippen LogP contribution in [0.1, 0.15) is 45.2 Å². The summed E-state index contributed by atoms with van der Waals surface area (Å²) in [5.74, 6) is -1.74. The third-order valence-electron chi connectivity index (χ3n) is 6.09. The number of nitro benzene ring substituents is 1. The number of esters is 2. The second-order valence-electron chi connectivity index (χ2n) is 9.20. The molecule has 2 amide bonds. The number of nitrogens with one attached hydrogen (secondary N) is 2. The second-order valence-corrected chi connectivity index (χ2v) is 9.20. The molecule has 4 aromatic rings. The van der Waals surface area contributed by atoms with Gasteiger partial charge >= 0.3 is 11.9 Å². The number of hydrogen-bond acceptors (Lipinski definition) is 9. The smallest absolute Gasteiger partial charge is 0.343 e. The fraction of sp³-hybridized carbons (Fsp3) is 0.0606. The standard InChI is InChI=1S/C33H26N4O8/c1-2-30(38)35-26-16-11-23(12-17-26)32(40)36-34-21-25-8-4-6-10-29(25)44-31(39)20-15-22-7-3-5-9-28(22)45-33(41)24-13-18-27(19-14-24)37(42)43/h3-21H,2H2,1H3,(H,35,38)(H,36,40)/b20-15+,34-21+. The van der Waals surface area contributed by atoms with E-state index < -0.39 is 22.8 Å². The lowest BCUT2D eigenvalue weighted by molar-refractivity contribution is -0.384. The number of carbonyl (C=O) groups excluding carboxylic acids is 4. The molecule has 0 saturated heterocycles. The summed E-state index contributed by atoms with van der Waals surface area (Å²) in [7, 11) is 0. The van der Waals surface area contributed by atoms with Gasteiger partial charge in [0.2, 0.25) is 5.91 Å². The van der Waals surface area contributed by atoms with Crippen LogP contribution in [-0.4, -0.2) is 34.9 Å². The average Bonchev–Trinajstić information content (AvgIpc) is 3.05. The second kappa shape index (κ2) is 15.2. The predicted molar refractivity (Wildman–Crippen MR) is 166 cm³/mol. The summed E-state index contributed by atoms with van der Waals surface area (Å²) >= 11 is 0. The highest BCUT2D eigenvalue weighted by molar-refractivity contribution is 5.97. The Morgan fingerprint density at radius 2 is 1.40 bits per heavy atom. The lowest BCUT2D eigenvalue weighted by atomic mass is 10.1. The first-order valence-corrected chi connectivity index (χ1v) is 13.5. The number of amides is 2. The molecule has 0 spiro atoms. The van der Waals surface area contributed by atoms with Crippen LogP contribution < -0.4 is 20.2 Å². The minimum atomic E-state index is -0.730. The molecule has 12 nitrogen and oxygen atoms in total. The number of hydrazone groups is 1. The third-order valence-corrected chi connectivity index (χ3v) is 6.09. The molecule has 0 fully saturated rings. The van der Waals surface area contributed by atoms with Gasteiger partial charge in [-0.3, -0.25) is 19.7 Å². The number of non-ortho nitro benzene ring substituents is 1. The highest BCUT2D eigenvalue weighted by atomic mass is 16.6. The quantitative estimate of drug-likeness (QED) is 0.0560. The van der Waals surface area contributed by atoms with Crippen molar-refractivity contribution in [2.45, 2.75) is 13.3 Å². The molecule has 0 bridgehead atoms. The number of hydrogen-bond donors (Lipinski definition) is 2. The van der Waals surface area contributed by atoms with Crippen molar-refractivity contribution < 1.29 is 33.6 Å². The molecule has 0 unspecified atom stereocenters. The van der Waals surface area contributed by atoms with Crippen molar-refractivity contribution in [1.82, 2.24) is 5.43 Å². The molecular formula is C33H26N4O8. The number of carbonyl (C=O) groups is 4. The Morgan fingerprint density at radius 1 is 0.800 bits per heavy atom. The average molecular weight is 607 g/mol. The topological polar surface area (TPSA) is 166 Å². The first-order valence-electron chi connectivity index (χ1n) is 13.5. The summed E-state index contributed by atoms with van der Waals surface area (Å²) in [6.07, 6.45) is 4.23. The largest absolute Gasteiger partial charge is 0.423 e. The number of benzene rings is 4. The molecule has 0 aliphatic heterocycles. The summed E-state index contributed by atoms with van der Waals surface area (Å²) in [6.45, 7) is 1.74. The maximum Gasteiger partial charge on any atom is 0.343 e. The SMILES string of the molecule is CCC(=O)Nc1ccc(C(=O)N/N=C/c2ccccc2OC(=O)/C=C/c2ccccc2OC(=O)c2ccc([N+](=O)[O-])cc2)cc1. The monoisotopic (exact) mass is 606 g/mol. The molecule has 12 heteroatoms. The van der Waals surface area contributed by atoms with Crippen molar-refractivity contribution >= 4 is 47.4 Å². The summed E-state index contributed by atoms with van der Waals surface area (Å²) in [4.78, 5) is 59.5. The summed E-state index contributed by atoms with van der Waals surface area (Å²) < 4.78 is 10.9. The molecule has 4 rings (SSSR count). The van der Waals surface area contributed by atoms with Gasteiger partial charge in [0, 0.05) is 47.0 Å². The van der Waals surface area contributed by atoms with Gasteiger partial charge in [-0.25, -0.2) is 15.0 Å². The van der Waals surface area contributed by atoms with Crippen LogP contribution >= 0.6 is 0 Å². The van der Waals surface area contributed by atoms with Gasteiger partial charge in [-0.2, -0.15) is 5.10 Å². The van der Waals surface area contributed by atoms with Gasteiger partial charge in [0.15, 0.2) is 0 Å². The van der Waals surface area contributed by atoms with Crippen LogP contribution in [0, 0.1) is 10.1 Å². The first kappa shape index (κ1) is 31.5. The van der Waals surface area contributed by atoms with Gasteiger partial charge in [0.05, 0.1) is 16.7 Å². The van der Waals surface area contributed by atoms with Crippen LogP contribution in [0.5, 0.6) is 11.5 Å². The van der Waals surface area contributed by atoms with Gasteiger partial charge in [0.1, 0.15) is 11.5 Å². The lowest BCUT2D eigenvalue weighted by Crippen LogP contribution is -2.18. The van der Waals surface area contributed by atoms with Crippen molar-refractivity contribution in [3.8, 4) is 11.5 Å². The van der Waals surface area contributed by atoms with Gasteiger partial charge in [-0.15, -0.1) is 0 Å². The van der Waals surface area contributed by atoms with Crippen molar-refractivity contribution in [3.05, 3.63) is 136 Å². The maximum absolute atomic E-state index is 12.6. The zero-order valence-electron chi connectivity index (χ0n) is 23.8. The molecule has 2 N–H and O–H groups in total. The molecule has 0 aromatic heterocycles. The fourth-order valence-corrected chi connectivity index (χ4v) is 3.75. The van der Waals surface area contributed by atoms with Gasteiger partial charge in [0.25, 0.3) is 11.6 Å². The summed E-state index contributed by atoms with van der Waals surface area (Å²) in [5, 5.41) is 17.5. The molecule has 4 aromatic carbocycles. The van der Waals surface area contributed by atoms with Crippen molar-refractivity contribution in [2.24, 2.45) is 5.10 Å².